The summed E-state index contributed by atoms with van der Waals surface area (Å²) in [5.41, 5.74) is 4.44. The molecular weight excluding hydrogens is 324 g/mol. The normalized spacial score (nSPS) is 11.5. The van der Waals surface area contributed by atoms with Gasteiger partial charge < -0.3 is 10.7 Å². The molecule has 0 unspecified atom stereocenters. The van der Waals surface area contributed by atoms with E-state index in [9.17, 15) is 13.2 Å². The van der Waals surface area contributed by atoms with E-state index in [0.29, 0.717) is 0 Å². The number of rotatable bonds is 9. The first kappa shape index (κ1) is 20.1. The number of hydrogen-bond acceptors (Lipinski definition) is 8. The Balaban J connectivity index is 4.69. The van der Waals surface area contributed by atoms with E-state index in [2.05, 4.69) is 37.2 Å². The van der Waals surface area contributed by atoms with Crippen LogP contribution < -0.4 is 16.2 Å². The maximum absolute atomic E-state index is 11.0. The number of carbonyl (C=O) groups excluding carboxylic acids is 1. The standard InChI is InChI=1S/C12H16N6O4S/c1-3-4-11(19)18-17-9-16-12(10(7-13)8-14)15-5-6-22-23(2,20)21/h7,9,13,15H,5-6H2,1-2H3,(H,16,17)(H,18,19)/b12-10-,13-7?. The molecule has 124 valence electrons. The van der Waals surface area contributed by atoms with Crippen LogP contribution in [0, 0.1) is 28.6 Å². The lowest BCUT2D eigenvalue weighted by molar-refractivity contribution is -0.116. The summed E-state index contributed by atoms with van der Waals surface area (Å²) in [5, 5.41) is 18.7. The van der Waals surface area contributed by atoms with Gasteiger partial charge in [0, 0.05) is 12.8 Å². The van der Waals surface area contributed by atoms with E-state index >= 15 is 0 Å². The van der Waals surface area contributed by atoms with Crippen LogP contribution in [0.4, 0.5) is 0 Å². The summed E-state index contributed by atoms with van der Waals surface area (Å²) in [7, 11) is -3.57. The molecule has 10 nitrogen and oxygen atoms in total. The first-order valence-electron chi connectivity index (χ1n) is 6.08. The summed E-state index contributed by atoms with van der Waals surface area (Å²) < 4.78 is 26.1. The van der Waals surface area contributed by atoms with Crippen LogP contribution in [-0.4, -0.2) is 46.3 Å². The lowest BCUT2D eigenvalue weighted by atomic mass is 10.3. The maximum Gasteiger partial charge on any atom is 0.314 e. The Morgan fingerprint density at radius 3 is 2.70 bits per heavy atom. The number of hydrogen-bond donors (Lipinski definition) is 4. The third kappa shape index (κ3) is 10.5. The minimum Gasteiger partial charge on any atom is -0.367 e. The lowest BCUT2D eigenvalue weighted by Gasteiger charge is -2.07. The molecule has 0 atom stereocenters. The largest absolute Gasteiger partial charge is 0.367 e. The quantitative estimate of drug-likeness (QED) is 0.0765. The van der Waals surface area contributed by atoms with Crippen LogP contribution in [0.1, 0.15) is 6.92 Å². The van der Waals surface area contributed by atoms with Crippen molar-refractivity contribution in [2.45, 2.75) is 6.92 Å². The Bertz CT molecular complexity index is 693. The minimum atomic E-state index is -3.57. The average Bonchev–Trinajstić information content (AvgIpc) is 2.47. The Kier molecular flexibility index (Phi) is 9.43. The van der Waals surface area contributed by atoms with Gasteiger partial charge in [-0.05, 0) is 12.8 Å². The predicted molar refractivity (Wildman–Crippen MR) is 83.4 cm³/mol. The van der Waals surface area contributed by atoms with E-state index in [1.807, 2.05) is 0 Å². The SMILES string of the molecule is CC#CC(=O)NN/C=N/C(NCCOS(C)(=O)=O)=C(\C#N)C=N. The number of nitriles is 1. The molecule has 23 heavy (non-hydrogen) atoms. The summed E-state index contributed by atoms with van der Waals surface area (Å²) >= 11 is 0. The summed E-state index contributed by atoms with van der Waals surface area (Å²) in [5.74, 6) is 4.04. The van der Waals surface area contributed by atoms with Gasteiger partial charge >= 0.3 is 5.91 Å². The molecule has 0 saturated carbocycles. The van der Waals surface area contributed by atoms with Crippen LogP contribution in [0.15, 0.2) is 16.4 Å². The highest BCUT2D eigenvalue weighted by molar-refractivity contribution is 7.85. The molecule has 0 bridgehead atoms. The summed E-state index contributed by atoms with van der Waals surface area (Å²) in [6, 6.07) is 1.74. The molecule has 0 rings (SSSR count). The molecular formula is C12H16N6O4S. The number of allylic oxidation sites excluding steroid dienone is 1. The maximum atomic E-state index is 11.0. The number of nitrogens with zero attached hydrogens (tertiary/aromatic N) is 2. The molecule has 0 spiro atoms. The van der Waals surface area contributed by atoms with E-state index < -0.39 is 16.0 Å². The molecule has 0 aromatic rings. The first-order valence-corrected chi connectivity index (χ1v) is 7.89. The molecule has 0 aliphatic carbocycles. The molecule has 4 N–H and O–H groups in total. The van der Waals surface area contributed by atoms with E-state index in [1.54, 1.807) is 6.07 Å². The van der Waals surface area contributed by atoms with Crippen LogP contribution in [-0.2, 0) is 19.1 Å². The zero-order chi connectivity index (χ0) is 17.7. The number of carbonyl (C=O) groups is 1. The van der Waals surface area contributed by atoms with Gasteiger partial charge in [0.05, 0.1) is 12.9 Å². The summed E-state index contributed by atoms with van der Waals surface area (Å²) in [4.78, 5) is 14.9. The van der Waals surface area contributed by atoms with Crippen molar-refractivity contribution in [2.24, 2.45) is 4.99 Å². The van der Waals surface area contributed by atoms with Crippen LogP contribution in [0.5, 0.6) is 0 Å². The van der Waals surface area contributed by atoms with Crippen molar-refractivity contribution in [2.75, 3.05) is 19.4 Å². The second-order valence-corrected chi connectivity index (χ2v) is 5.35. The number of aliphatic imine (C=N–C) groups is 1. The van der Waals surface area contributed by atoms with Crippen molar-refractivity contribution < 1.29 is 17.4 Å². The first-order chi connectivity index (χ1) is 10.8. The van der Waals surface area contributed by atoms with Crippen molar-refractivity contribution in [1.82, 2.24) is 16.2 Å². The van der Waals surface area contributed by atoms with Gasteiger partial charge in [-0.3, -0.25) is 19.8 Å². The fraction of sp³-hybridized carbons (Fsp3) is 0.333. The lowest BCUT2D eigenvalue weighted by Crippen LogP contribution is -2.35. The van der Waals surface area contributed by atoms with Crippen LogP contribution in [0.25, 0.3) is 0 Å². The monoisotopic (exact) mass is 340 g/mol. The van der Waals surface area contributed by atoms with Gasteiger partial charge in [0.25, 0.3) is 10.1 Å². The van der Waals surface area contributed by atoms with Gasteiger partial charge in [0.15, 0.2) is 0 Å². The van der Waals surface area contributed by atoms with Crippen molar-refractivity contribution in [1.29, 1.82) is 10.7 Å². The van der Waals surface area contributed by atoms with Crippen molar-refractivity contribution >= 4 is 28.6 Å². The highest BCUT2D eigenvalue weighted by Crippen LogP contribution is 1.98. The van der Waals surface area contributed by atoms with Crippen LogP contribution >= 0.6 is 0 Å². The second-order valence-electron chi connectivity index (χ2n) is 3.70. The van der Waals surface area contributed by atoms with Crippen molar-refractivity contribution in [3.05, 3.63) is 11.4 Å². The molecule has 0 radical (unpaired) electrons. The minimum absolute atomic E-state index is 0.00271. The Morgan fingerprint density at radius 2 is 2.17 bits per heavy atom. The zero-order valence-electron chi connectivity index (χ0n) is 12.5. The summed E-state index contributed by atoms with van der Waals surface area (Å²) in [6.45, 7) is 1.36. The third-order valence-corrected chi connectivity index (χ3v) is 2.49. The molecule has 1 amide bonds. The highest BCUT2D eigenvalue weighted by atomic mass is 32.2. The van der Waals surface area contributed by atoms with Gasteiger partial charge in [-0.2, -0.15) is 13.7 Å². The molecule has 0 fully saturated rings. The van der Waals surface area contributed by atoms with Crippen molar-refractivity contribution in [3.63, 3.8) is 0 Å². The number of nitrogens with one attached hydrogen (secondary N) is 4. The van der Waals surface area contributed by atoms with Crippen LogP contribution in [0.3, 0.4) is 0 Å². The molecule has 11 heteroatoms. The van der Waals surface area contributed by atoms with E-state index in [1.165, 1.54) is 6.92 Å². The van der Waals surface area contributed by atoms with Gasteiger partial charge in [0.2, 0.25) is 0 Å². The third-order valence-electron chi connectivity index (χ3n) is 1.89. The molecule has 0 aromatic heterocycles. The van der Waals surface area contributed by atoms with Gasteiger partial charge in [0.1, 0.15) is 23.8 Å². The fourth-order valence-corrected chi connectivity index (χ4v) is 1.45. The fourth-order valence-electron chi connectivity index (χ4n) is 1.07. The van der Waals surface area contributed by atoms with E-state index in [0.717, 1.165) is 18.8 Å². The highest BCUT2D eigenvalue weighted by Gasteiger charge is 2.04. The summed E-state index contributed by atoms with van der Waals surface area (Å²) in [6.07, 6.45) is 2.75. The van der Waals surface area contributed by atoms with E-state index in [4.69, 9.17) is 10.7 Å². The smallest absolute Gasteiger partial charge is 0.314 e. The van der Waals surface area contributed by atoms with Crippen LogP contribution in [0.2, 0.25) is 0 Å². The molecule has 0 aromatic carbocycles. The molecule has 0 aliphatic rings. The Labute approximate surface area is 134 Å². The van der Waals surface area contributed by atoms with Gasteiger partial charge in [-0.1, -0.05) is 5.92 Å². The molecule has 0 heterocycles. The van der Waals surface area contributed by atoms with Gasteiger partial charge in [-0.15, -0.1) is 0 Å². The zero-order valence-corrected chi connectivity index (χ0v) is 13.3. The molecule has 0 saturated heterocycles. The average molecular weight is 340 g/mol. The van der Waals surface area contributed by atoms with E-state index in [-0.39, 0.29) is 24.5 Å². The Morgan fingerprint density at radius 1 is 1.48 bits per heavy atom. The Hall–Kier alpha value is -2.89. The number of hydrazine groups is 1. The second kappa shape index (κ2) is 10.8. The topological polar surface area (TPSA) is 157 Å². The predicted octanol–water partition coefficient (Wildman–Crippen LogP) is -1.39. The van der Waals surface area contributed by atoms with Gasteiger partial charge in [-0.25, -0.2) is 4.99 Å². The number of amides is 1. The molecule has 0 aliphatic heterocycles. The van der Waals surface area contributed by atoms with Crippen molar-refractivity contribution in [3.8, 4) is 17.9 Å².